The first-order valence-electron chi connectivity index (χ1n) is 7.47. The molecule has 0 spiro atoms. The second-order valence-electron chi connectivity index (χ2n) is 5.32. The van der Waals surface area contributed by atoms with Gasteiger partial charge >= 0.3 is 0 Å². The summed E-state index contributed by atoms with van der Waals surface area (Å²) in [6.07, 6.45) is 0. The number of amides is 1. The molecule has 4 rings (SSSR count). The van der Waals surface area contributed by atoms with Crippen LogP contribution >= 0.6 is 11.6 Å². The maximum Gasteiger partial charge on any atom is 0.256 e. The van der Waals surface area contributed by atoms with Crippen molar-refractivity contribution in [2.75, 3.05) is 18.5 Å². The molecular formula is C18H13ClN2O3. The van der Waals surface area contributed by atoms with E-state index in [9.17, 15) is 4.79 Å². The monoisotopic (exact) mass is 340 g/mol. The Labute approximate surface area is 143 Å². The number of fused-ring (bicyclic) bond motifs is 2. The van der Waals surface area contributed by atoms with E-state index in [0.717, 1.165) is 5.39 Å². The quantitative estimate of drug-likeness (QED) is 0.718. The number of nitrogens with zero attached hydrogens (tertiary/aromatic N) is 1. The van der Waals surface area contributed by atoms with Crippen LogP contribution in [0.25, 0.3) is 10.9 Å². The molecule has 0 saturated heterocycles. The third-order valence-electron chi connectivity index (χ3n) is 3.73. The zero-order chi connectivity index (χ0) is 16.5. The van der Waals surface area contributed by atoms with Crippen molar-refractivity contribution in [2.24, 2.45) is 0 Å². The first-order chi connectivity index (χ1) is 11.7. The normalized spacial score (nSPS) is 12.9. The molecule has 1 aliphatic heterocycles. The van der Waals surface area contributed by atoms with Crippen molar-refractivity contribution in [3.8, 4) is 11.5 Å². The number of carbonyl (C=O) groups excluding carboxylic acids is 1. The highest BCUT2D eigenvalue weighted by atomic mass is 35.5. The molecule has 1 aromatic heterocycles. The summed E-state index contributed by atoms with van der Waals surface area (Å²) in [7, 11) is 0. The lowest BCUT2D eigenvalue weighted by Crippen LogP contribution is -2.16. The molecule has 1 amide bonds. The Hall–Kier alpha value is -2.79. The molecule has 0 radical (unpaired) electrons. The van der Waals surface area contributed by atoms with Crippen LogP contribution in [0.2, 0.25) is 5.15 Å². The second kappa shape index (κ2) is 6.02. The van der Waals surface area contributed by atoms with Crippen molar-refractivity contribution < 1.29 is 14.3 Å². The number of halogens is 1. The number of nitrogens with one attached hydrogen (secondary N) is 1. The number of ether oxygens (including phenoxy) is 2. The minimum atomic E-state index is -0.257. The summed E-state index contributed by atoms with van der Waals surface area (Å²) in [6, 6.07) is 14.2. The van der Waals surface area contributed by atoms with Crippen LogP contribution in [0.4, 0.5) is 5.69 Å². The number of benzene rings is 2. The molecule has 120 valence electrons. The SMILES string of the molecule is O=C(Nc1ccc2c(c1)OCCO2)c1cc(Cl)nc2ccccc12. The number of para-hydroxylation sites is 1. The number of pyridine rings is 1. The van der Waals surface area contributed by atoms with Gasteiger partial charge < -0.3 is 14.8 Å². The van der Waals surface area contributed by atoms with E-state index in [-0.39, 0.29) is 11.1 Å². The number of hydrogen-bond donors (Lipinski definition) is 1. The van der Waals surface area contributed by atoms with Gasteiger partial charge in [0.1, 0.15) is 18.4 Å². The van der Waals surface area contributed by atoms with Crippen molar-refractivity contribution in [1.29, 1.82) is 0 Å². The van der Waals surface area contributed by atoms with E-state index in [1.165, 1.54) is 0 Å². The van der Waals surface area contributed by atoms with Gasteiger partial charge in [-0.25, -0.2) is 4.98 Å². The number of hydrogen-bond acceptors (Lipinski definition) is 4. The Morgan fingerprint density at radius 3 is 2.71 bits per heavy atom. The lowest BCUT2D eigenvalue weighted by molar-refractivity contribution is 0.102. The van der Waals surface area contributed by atoms with Crippen LogP contribution in [-0.2, 0) is 0 Å². The van der Waals surface area contributed by atoms with Crippen LogP contribution in [-0.4, -0.2) is 24.1 Å². The molecule has 1 aliphatic rings. The minimum Gasteiger partial charge on any atom is -0.486 e. The lowest BCUT2D eigenvalue weighted by Gasteiger charge is -2.19. The van der Waals surface area contributed by atoms with Gasteiger partial charge in [0, 0.05) is 17.1 Å². The third kappa shape index (κ3) is 2.74. The zero-order valence-corrected chi connectivity index (χ0v) is 13.3. The summed E-state index contributed by atoms with van der Waals surface area (Å²) < 4.78 is 11.0. The zero-order valence-electron chi connectivity index (χ0n) is 12.6. The van der Waals surface area contributed by atoms with Gasteiger partial charge in [-0.3, -0.25) is 4.79 Å². The predicted molar refractivity (Wildman–Crippen MR) is 92.1 cm³/mol. The van der Waals surface area contributed by atoms with Crippen molar-refractivity contribution in [3.63, 3.8) is 0 Å². The van der Waals surface area contributed by atoms with Gasteiger partial charge in [0.15, 0.2) is 11.5 Å². The highest BCUT2D eigenvalue weighted by Crippen LogP contribution is 2.33. The molecule has 0 aliphatic carbocycles. The Morgan fingerprint density at radius 1 is 1.04 bits per heavy atom. The molecule has 0 saturated carbocycles. The summed E-state index contributed by atoms with van der Waals surface area (Å²) in [5, 5.41) is 3.89. The third-order valence-corrected chi connectivity index (χ3v) is 3.92. The van der Waals surface area contributed by atoms with Gasteiger partial charge in [-0.05, 0) is 24.3 Å². The molecule has 0 unspecified atom stereocenters. The highest BCUT2D eigenvalue weighted by Gasteiger charge is 2.15. The van der Waals surface area contributed by atoms with Gasteiger partial charge in [-0.15, -0.1) is 0 Å². The second-order valence-corrected chi connectivity index (χ2v) is 5.71. The molecule has 1 N–H and O–H groups in total. The highest BCUT2D eigenvalue weighted by molar-refractivity contribution is 6.30. The van der Waals surface area contributed by atoms with Crippen LogP contribution in [0.1, 0.15) is 10.4 Å². The summed E-state index contributed by atoms with van der Waals surface area (Å²) in [6.45, 7) is 1.02. The molecule has 2 heterocycles. The van der Waals surface area contributed by atoms with Gasteiger partial charge in [0.2, 0.25) is 0 Å². The number of rotatable bonds is 2. The number of aromatic nitrogens is 1. The van der Waals surface area contributed by atoms with E-state index < -0.39 is 0 Å². The van der Waals surface area contributed by atoms with Gasteiger partial charge in [0.05, 0.1) is 11.1 Å². The van der Waals surface area contributed by atoms with Crippen LogP contribution < -0.4 is 14.8 Å². The average Bonchev–Trinajstić information content (AvgIpc) is 2.60. The molecule has 3 aromatic rings. The Bertz CT molecular complexity index is 943. The molecule has 2 aromatic carbocycles. The minimum absolute atomic E-state index is 0.257. The Balaban J connectivity index is 1.67. The van der Waals surface area contributed by atoms with Crippen LogP contribution in [0.5, 0.6) is 11.5 Å². The largest absolute Gasteiger partial charge is 0.486 e. The summed E-state index contributed by atoms with van der Waals surface area (Å²) >= 11 is 6.04. The molecule has 6 heteroatoms. The maximum atomic E-state index is 12.7. The lowest BCUT2D eigenvalue weighted by atomic mass is 10.1. The summed E-state index contributed by atoms with van der Waals surface area (Å²) in [4.78, 5) is 16.9. The van der Waals surface area contributed by atoms with E-state index in [2.05, 4.69) is 10.3 Å². The molecular weight excluding hydrogens is 328 g/mol. The molecule has 0 bridgehead atoms. The molecule has 5 nitrogen and oxygen atoms in total. The van der Waals surface area contributed by atoms with E-state index >= 15 is 0 Å². The van der Waals surface area contributed by atoms with E-state index in [1.54, 1.807) is 24.3 Å². The van der Waals surface area contributed by atoms with Crippen molar-refractivity contribution in [2.45, 2.75) is 0 Å². The molecule has 0 fully saturated rings. The fourth-order valence-corrected chi connectivity index (χ4v) is 2.85. The van der Waals surface area contributed by atoms with Gasteiger partial charge in [-0.2, -0.15) is 0 Å². The predicted octanol–water partition coefficient (Wildman–Crippen LogP) is 3.91. The van der Waals surface area contributed by atoms with Gasteiger partial charge in [-0.1, -0.05) is 29.8 Å². The van der Waals surface area contributed by atoms with E-state index in [1.807, 2.05) is 24.3 Å². The summed E-state index contributed by atoms with van der Waals surface area (Å²) in [5.74, 6) is 1.04. The number of carbonyl (C=O) groups is 1. The maximum absolute atomic E-state index is 12.7. The van der Waals surface area contributed by atoms with Crippen molar-refractivity contribution in [3.05, 3.63) is 59.2 Å². The topological polar surface area (TPSA) is 60.5 Å². The Morgan fingerprint density at radius 2 is 1.83 bits per heavy atom. The van der Waals surface area contributed by atoms with E-state index in [4.69, 9.17) is 21.1 Å². The van der Waals surface area contributed by atoms with E-state index in [0.29, 0.717) is 41.5 Å². The van der Waals surface area contributed by atoms with Gasteiger partial charge in [0.25, 0.3) is 5.91 Å². The number of anilines is 1. The van der Waals surface area contributed by atoms with Crippen LogP contribution in [0, 0.1) is 0 Å². The van der Waals surface area contributed by atoms with Crippen molar-refractivity contribution in [1.82, 2.24) is 4.98 Å². The van der Waals surface area contributed by atoms with Crippen LogP contribution in [0.15, 0.2) is 48.5 Å². The fraction of sp³-hybridized carbons (Fsp3) is 0.111. The summed E-state index contributed by atoms with van der Waals surface area (Å²) in [5.41, 5.74) is 1.78. The van der Waals surface area contributed by atoms with Crippen molar-refractivity contribution >= 4 is 34.1 Å². The van der Waals surface area contributed by atoms with Crippen LogP contribution in [0.3, 0.4) is 0 Å². The first-order valence-corrected chi connectivity index (χ1v) is 7.85. The molecule has 24 heavy (non-hydrogen) atoms. The fourth-order valence-electron chi connectivity index (χ4n) is 2.65. The standard InChI is InChI=1S/C18H13ClN2O3/c19-17-10-13(12-3-1-2-4-14(12)21-17)18(22)20-11-5-6-15-16(9-11)24-8-7-23-15/h1-6,9-10H,7-8H2,(H,20,22). The smallest absolute Gasteiger partial charge is 0.256 e. The Kier molecular flexibility index (Phi) is 3.70. The first kappa shape index (κ1) is 14.8. The molecule has 0 atom stereocenters. The average molecular weight is 341 g/mol.